The van der Waals surface area contributed by atoms with E-state index in [1.165, 1.54) is 12.1 Å². The number of rotatable bonds is 8. The molecule has 1 nitrogen and oxygen atoms in total. The maximum atomic E-state index is 14.6. The summed E-state index contributed by atoms with van der Waals surface area (Å²) in [5, 5.41) is 10.9. The molecule has 0 radical (unpaired) electrons. The molecule has 1 unspecified atom stereocenters. The van der Waals surface area contributed by atoms with Crippen molar-refractivity contribution in [1.29, 1.82) is 0 Å². The van der Waals surface area contributed by atoms with Gasteiger partial charge in [0.25, 0.3) is 0 Å². The molecule has 2 aromatic rings. The van der Waals surface area contributed by atoms with Crippen LogP contribution in [-0.4, -0.2) is 40.9 Å². The van der Waals surface area contributed by atoms with Gasteiger partial charge >= 0.3 is 35.8 Å². The van der Waals surface area contributed by atoms with Gasteiger partial charge in [0, 0.05) is 4.47 Å². The highest BCUT2D eigenvalue weighted by Crippen LogP contribution is 2.61. The second kappa shape index (κ2) is 8.82. The number of aliphatic hydroxyl groups is 1. The maximum Gasteiger partial charge on any atom is 0.460 e. The lowest BCUT2D eigenvalue weighted by molar-refractivity contribution is -0.441. The molecule has 35 heavy (non-hydrogen) atoms. The fourth-order valence-electron chi connectivity index (χ4n) is 3.06. The van der Waals surface area contributed by atoms with E-state index in [0.717, 1.165) is 42.5 Å². The molecule has 2 aromatic carbocycles. The van der Waals surface area contributed by atoms with Crippen LogP contribution in [0.2, 0.25) is 0 Å². The molecular formula is C20H12BrF13O. The lowest BCUT2D eigenvalue weighted by Gasteiger charge is -2.42. The molecule has 0 heterocycles. The van der Waals surface area contributed by atoms with Crippen LogP contribution in [0, 0.1) is 0 Å². The lowest BCUT2D eigenvalue weighted by atomic mass is 9.79. The van der Waals surface area contributed by atoms with Crippen molar-refractivity contribution in [2.75, 3.05) is 0 Å². The molecular weight excluding hydrogens is 583 g/mol. The van der Waals surface area contributed by atoms with Gasteiger partial charge in [-0.2, -0.15) is 57.1 Å². The van der Waals surface area contributed by atoms with E-state index in [1.54, 1.807) is 0 Å². The largest absolute Gasteiger partial charge is 0.460 e. The third kappa shape index (κ3) is 4.60. The molecule has 0 aliphatic carbocycles. The number of halogens is 14. The van der Waals surface area contributed by atoms with Crippen LogP contribution in [0.4, 0.5) is 57.1 Å². The van der Waals surface area contributed by atoms with Gasteiger partial charge in [0.15, 0.2) is 0 Å². The molecule has 0 aromatic heterocycles. The Morgan fingerprint density at radius 1 is 0.571 bits per heavy atom. The predicted molar refractivity (Wildman–Crippen MR) is 99.0 cm³/mol. The van der Waals surface area contributed by atoms with Crippen LogP contribution in [0.25, 0.3) is 0 Å². The molecule has 0 spiro atoms. The van der Waals surface area contributed by atoms with E-state index in [4.69, 9.17) is 0 Å². The van der Waals surface area contributed by atoms with Crippen LogP contribution in [0.15, 0.2) is 59.1 Å². The van der Waals surface area contributed by atoms with Gasteiger partial charge in [-0.25, -0.2) is 0 Å². The Balaban J connectivity index is 2.67. The van der Waals surface area contributed by atoms with Crippen molar-refractivity contribution in [3.05, 3.63) is 70.2 Å². The van der Waals surface area contributed by atoms with Crippen LogP contribution in [0.1, 0.15) is 17.5 Å². The minimum Gasteiger partial charge on any atom is -0.380 e. The van der Waals surface area contributed by atoms with E-state index in [2.05, 4.69) is 15.9 Å². The molecule has 0 fully saturated rings. The Morgan fingerprint density at radius 2 is 1.03 bits per heavy atom. The lowest BCUT2D eigenvalue weighted by Crippen LogP contribution is -2.70. The number of hydrogen-bond acceptors (Lipinski definition) is 1. The Labute approximate surface area is 196 Å². The molecule has 0 aliphatic heterocycles. The van der Waals surface area contributed by atoms with Crippen LogP contribution >= 0.6 is 15.9 Å². The zero-order valence-corrected chi connectivity index (χ0v) is 18.2. The van der Waals surface area contributed by atoms with Crippen LogP contribution in [0.5, 0.6) is 0 Å². The van der Waals surface area contributed by atoms with Crippen molar-refractivity contribution in [2.45, 2.75) is 47.8 Å². The third-order valence-corrected chi connectivity index (χ3v) is 5.52. The molecule has 15 heteroatoms. The zero-order valence-electron chi connectivity index (χ0n) is 16.6. The molecule has 196 valence electrons. The number of benzene rings is 2. The topological polar surface area (TPSA) is 20.2 Å². The van der Waals surface area contributed by atoms with E-state index >= 15 is 0 Å². The summed E-state index contributed by atoms with van der Waals surface area (Å²) in [4.78, 5) is 0. The standard InChI is InChI=1S/C20H12BrF13O/c21-13-8-4-7-12(9-13)14(35,11-5-2-1-3-6-11)10-15(22,23)16(24,25)17(26,27)18(28,29)19(30,31)20(32,33)34/h1-9,35H,10H2. The third-order valence-electron chi connectivity index (χ3n) is 5.03. The maximum absolute atomic E-state index is 14.6. The second-order valence-electron chi connectivity index (χ2n) is 7.41. The van der Waals surface area contributed by atoms with Crippen LogP contribution < -0.4 is 0 Å². The van der Waals surface area contributed by atoms with E-state index in [9.17, 15) is 62.2 Å². The molecule has 1 N–H and O–H groups in total. The molecule has 0 bridgehead atoms. The minimum atomic E-state index is -8.01. The monoisotopic (exact) mass is 594 g/mol. The highest BCUT2D eigenvalue weighted by Gasteiger charge is 2.90. The Bertz CT molecular complexity index is 1040. The average molecular weight is 595 g/mol. The van der Waals surface area contributed by atoms with E-state index in [0.29, 0.717) is 0 Å². The van der Waals surface area contributed by atoms with Crippen molar-refractivity contribution < 1.29 is 62.2 Å². The predicted octanol–water partition coefficient (Wildman–Crippen LogP) is 7.81. The first-order valence-electron chi connectivity index (χ1n) is 9.06. The Hall–Kier alpha value is -2.03. The SMILES string of the molecule is OC(CC(F)(F)C(F)(F)C(F)(F)C(F)(F)C(F)(F)C(F)(F)F)(c1ccccc1)c1cccc(Br)c1. The molecule has 1 atom stereocenters. The Morgan fingerprint density at radius 3 is 1.49 bits per heavy atom. The van der Waals surface area contributed by atoms with Crippen molar-refractivity contribution >= 4 is 15.9 Å². The summed E-state index contributed by atoms with van der Waals surface area (Å²) in [6, 6.07) is 9.33. The summed E-state index contributed by atoms with van der Waals surface area (Å²) >= 11 is 2.89. The summed E-state index contributed by atoms with van der Waals surface area (Å²) in [5.41, 5.74) is -4.61. The van der Waals surface area contributed by atoms with E-state index in [1.807, 2.05) is 0 Å². The molecule has 0 aliphatic rings. The number of alkyl halides is 13. The van der Waals surface area contributed by atoms with Crippen molar-refractivity contribution in [1.82, 2.24) is 0 Å². The number of hydrogen-bond donors (Lipinski definition) is 1. The fraction of sp³-hybridized carbons (Fsp3) is 0.400. The van der Waals surface area contributed by atoms with Gasteiger partial charge in [0.1, 0.15) is 5.60 Å². The van der Waals surface area contributed by atoms with Crippen molar-refractivity contribution in [3.63, 3.8) is 0 Å². The fourth-order valence-corrected chi connectivity index (χ4v) is 3.46. The summed E-state index contributed by atoms with van der Waals surface area (Å²) in [7, 11) is 0. The van der Waals surface area contributed by atoms with Gasteiger partial charge < -0.3 is 5.11 Å². The minimum absolute atomic E-state index is 0.0566. The van der Waals surface area contributed by atoms with Gasteiger partial charge in [0.05, 0.1) is 6.42 Å². The molecule has 0 saturated heterocycles. The quantitative estimate of drug-likeness (QED) is 0.309. The van der Waals surface area contributed by atoms with Gasteiger partial charge in [-0.05, 0) is 23.3 Å². The van der Waals surface area contributed by atoms with E-state index in [-0.39, 0.29) is 4.47 Å². The van der Waals surface area contributed by atoms with Crippen molar-refractivity contribution in [2.24, 2.45) is 0 Å². The van der Waals surface area contributed by atoms with Crippen molar-refractivity contribution in [3.8, 4) is 0 Å². The summed E-state index contributed by atoms with van der Waals surface area (Å²) < 4.78 is 175. The molecule has 0 amide bonds. The van der Waals surface area contributed by atoms with Crippen LogP contribution in [-0.2, 0) is 5.60 Å². The van der Waals surface area contributed by atoms with Gasteiger partial charge in [-0.15, -0.1) is 0 Å². The molecule has 2 rings (SSSR count). The van der Waals surface area contributed by atoms with E-state index < -0.39 is 58.9 Å². The zero-order chi connectivity index (χ0) is 27.3. The average Bonchev–Trinajstić information content (AvgIpc) is 2.72. The smallest absolute Gasteiger partial charge is 0.380 e. The normalized spacial score (nSPS) is 16.2. The second-order valence-corrected chi connectivity index (χ2v) is 8.33. The molecule has 0 saturated carbocycles. The summed E-state index contributed by atoms with van der Waals surface area (Å²) in [6.07, 6.45) is -10.3. The summed E-state index contributed by atoms with van der Waals surface area (Å²) in [5.74, 6) is -37.7. The highest BCUT2D eigenvalue weighted by molar-refractivity contribution is 9.10. The first-order chi connectivity index (χ1) is 15.6. The van der Waals surface area contributed by atoms with Gasteiger partial charge in [0.2, 0.25) is 0 Å². The highest BCUT2D eigenvalue weighted by atomic mass is 79.9. The van der Waals surface area contributed by atoms with Crippen LogP contribution in [0.3, 0.4) is 0 Å². The summed E-state index contributed by atoms with van der Waals surface area (Å²) in [6.45, 7) is 0. The Kier molecular flexibility index (Phi) is 7.36. The first kappa shape index (κ1) is 29.2. The van der Waals surface area contributed by atoms with Gasteiger partial charge in [-0.3, -0.25) is 0 Å². The van der Waals surface area contributed by atoms with Gasteiger partial charge in [-0.1, -0.05) is 58.4 Å². The first-order valence-corrected chi connectivity index (χ1v) is 9.85.